The quantitative estimate of drug-likeness (QED) is 0.796. The van der Waals surface area contributed by atoms with E-state index in [4.69, 9.17) is 11.6 Å². The summed E-state index contributed by atoms with van der Waals surface area (Å²) in [4.78, 5) is 4.26. The van der Waals surface area contributed by atoms with Crippen LogP contribution in [0, 0.1) is 0 Å². The molecular weight excluding hydrogens is 209 g/mol. The molecule has 5 heteroatoms. The highest BCUT2D eigenvalue weighted by Gasteiger charge is 1.98. The summed E-state index contributed by atoms with van der Waals surface area (Å²) in [5, 5.41) is 3.67. The van der Waals surface area contributed by atoms with Gasteiger partial charge in [0.15, 0.2) is 0 Å². The molecule has 2 aromatic rings. The van der Waals surface area contributed by atoms with Crippen LogP contribution in [0.5, 0.6) is 0 Å². The number of rotatable bonds is 1. The van der Waals surface area contributed by atoms with E-state index < -0.39 is 0 Å². The van der Waals surface area contributed by atoms with Crippen molar-refractivity contribution >= 4 is 35.5 Å². The molecule has 1 N–H and O–H groups in total. The Morgan fingerprint density at radius 3 is 3.00 bits per heavy atom. The van der Waals surface area contributed by atoms with Crippen LogP contribution in [0.1, 0.15) is 0 Å². The van der Waals surface area contributed by atoms with E-state index in [0.717, 1.165) is 11.5 Å². The van der Waals surface area contributed by atoms with Crippen molar-refractivity contribution in [2.45, 2.75) is 0 Å². The Labute approximate surface area is 87.1 Å². The molecule has 0 aliphatic carbocycles. The molecule has 0 bridgehead atoms. The van der Waals surface area contributed by atoms with Crippen LogP contribution in [0.2, 0.25) is 5.02 Å². The number of hydrogen-bond acceptors (Lipinski definition) is 2. The minimum atomic E-state index is 0. The van der Waals surface area contributed by atoms with Crippen LogP contribution in [-0.2, 0) is 0 Å². The molecule has 0 aromatic carbocycles. The van der Waals surface area contributed by atoms with Crippen molar-refractivity contribution in [3.05, 3.63) is 29.5 Å². The van der Waals surface area contributed by atoms with E-state index >= 15 is 0 Å². The molecule has 2 rings (SSSR count). The lowest BCUT2D eigenvalue weighted by Gasteiger charge is -1.90. The predicted octanol–water partition coefficient (Wildman–Crippen LogP) is 2.45. The Morgan fingerprint density at radius 1 is 1.54 bits per heavy atom. The average molecular weight is 218 g/mol. The van der Waals surface area contributed by atoms with Crippen LogP contribution >= 0.6 is 24.0 Å². The number of anilines is 1. The maximum atomic E-state index is 5.80. The van der Waals surface area contributed by atoms with E-state index in [1.54, 1.807) is 0 Å². The molecule has 0 spiro atoms. The third-order valence-corrected chi connectivity index (χ3v) is 1.91. The van der Waals surface area contributed by atoms with Crippen molar-refractivity contribution in [3.63, 3.8) is 0 Å². The third-order valence-electron chi connectivity index (χ3n) is 1.68. The van der Waals surface area contributed by atoms with Gasteiger partial charge in [-0.3, -0.25) is 0 Å². The van der Waals surface area contributed by atoms with Crippen LogP contribution in [-0.4, -0.2) is 16.4 Å². The fourth-order valence-electron chi connectivity index (χ4n) is 1.08. The second-order valence-electron chi connectivity index (χ2n) is 2.49. The average Bonchev–Trinajstić information content (AvgIpc) is 2.46. The van der Waals surface area contributed by atoms with Crippen molar-refractivity contribution in [2.75, 3.05) is 12.4 Å². The lowest BCUT2D eigenvalue weighted by atomic mass is 10.5. The summed E-state index contributed by atoms with van der Waals surface area (Å²) in [6.07, 6.45) is 3.79. The molecule has 0 fully saturated rings. The molecule has 2 aromatic heterocycles. The van der Waals surface area contributed by atoms with Crippen molar-refractivity contribution < 1.29 is 0 Å². The van der Waals surface area contributed by atoms with Gasteiger partial charge >= 0.3 is 0 Å². The summed E-state index contributed by atoms with van der Waals surface area (Å²) in [6.45, 7) is 0. The number of aromatic nitrogens is 2. The Kier molecular flexibility index (Phi) is 3.01. The molecule has 0 aliphatic rings. The van der Waals surface area contributed by atoms with Gasteiger partial charge in [0.2, 0.25) is 0 Å². The maximum Gasteiger partial charge on any atom is 0.145 e. The van der Waals surface area contributed by atoms with E-state index in [-0.39, 0.29) is 12.4 Å². The van der Waals surface area contributed by atoms with Crippen molar-refractivity contribution in [3.8, 4) is 0 Å². The van der Waals surface area contributed by atoms with Crippen LogP contribution in [0.25, 0.3) is 5.65 Å². The molecule has 70 valence electrons. The van der Waals surface area contributed by atoms with Crippen molar-refractivity contribution in [1.29, 1.82) is 0 Å². The first-order valence-electron chi connectivity index (χ1n) is 3.61. The topological polar surface area (TPSA) is 29.3 Å². The van der Waals surface area contributed by atoms with Crippen LogP contribution < -0.4 is 5.32 Å². The minimum absolute atomic E-state index is 0. The summed E-state index contributed by atoms with van der Waals surface area (Å²) in [7, 11) is 1.84. The molecule has 0 unspecified atom stereocenters. The molecule has 0 aliphatic heterocycles. The first-order valence-corrected chi connectivity index (χ1v) is 3.99. The van der Waals surface area contributed by atoms with Gasteiger partial charge in [-0.1, -0.05) is 11.6 Å². The number of halogens is 2. The zero-order valence-electron chi connectivity index (χ0n) is 6.99. The first kappa shape index (κ1) is 10.2. The molecule has 0 saturated carbocycles. The fraction of sp³-hybridized carbons (Fsp3) is 0.125. The van der Waals surface area contributed by atoms with E-state index in [2.05, 4.69) is 10.3 Å². The summed E-state index contributed by atoms with van der Waals surface area (Å²) in [6, 6.07) is 3.65. The summed E-state index contributed by atoms with van der Waals surface area (Å²) < 4.78 is 1.91. The molecule has 0 atom stereocenters. The van der Waals surface area contributed by atoms with Gasteiger partial charge in [0.05, 0.1) is 6.20 Å². The molecule has 13 heavy (non-hydrogen) atoms. The molecule has 0 amide bonds. The van der Waals surface area contributed by atoms with Gasteiger partial charge in [0.25, 0.3) is 0 Å². The molecule has 2 heterocycles. The van der Waals surface area contributed by atoms with Crippen LogP contribution in [0.3, 0.4) is 0 Å². The standard InChI is InChI=1S/C8H8ClN3.ClH/c1-10-7-5-12-3-2-6(9)4-8(12)11-7;/h2-5,10H,1H3;1H. The Bertz CT molecular complexity index is 411. The number of imidazole rings is 1. The summed E-state index contributed by atoms with van der Waals surface area (Å²) in [5.41, 5.74) is 0.854. The third kappa shape index (κ3) is 1.87. The highest BCUT2D eigenvalue weighted by molar-refractivity contribution is 6.30. The normalized spacial score (nSPS) is 9.69. The van der Waals surface area contributed by atoms with Crippen molar-refractivity contribution in [2.24, 2.45) is 0 Å². The van der Waals surface area contributed by atoms with Gasteiger partial charge in [0.1, 0.15) is 11.5 Å². The number of hydrogen-bond donors (Lipinski definition) is 1. The lowest BCUT2D eigenvalue weighted by Crippen LogP contribution is -1.85. The number of nitrogens with one attached hydrogen (secondary N) is 1. The SMILES string of the molecule is CNc1cn2ccc(Cl)cc2n1.Cl. The highest BCUT2D eigenvalue weighted by Crippen LogP contribution is 2.13. The zero-order valence-corrected chi connectivity index (χ0v) is 8.56. The second kappa shape index (κ2) is 3.85. The van der Waals surface area contributed by atoms with Gasteiger partial charge < -0.3 is 9.72 Å². The minimum Gasteiger partial charge on any atom is -0.372 e. The van der Waals surface area contributed by atoms with Crippen LogP contribution in [0.15, 0.2) is 24.5 Å². The largest absolute Gasteiger partial charge is 0.372 e. The van der Waals surface area contributed by atoms with E-state index in [0.29, 0.717) is 5.02 Å². The highest BCUT2D eigenvalue weighted by atomic mass is 35.5. The maximum absolute atomic E-state index is 5.80. The summed E-state index contributed by atoms with van der Waals surface area (Å²) in [5.74, 6) is 0.845. The van der Waals surface area contributed by atoms with Gasteiger partial charge in [-0.25, -0.2) is 4.98 Å². The second-order valence-corrected chi connectivity index (χ2v) is 2.92. The number of pyridine rings is 1. The Hall–Kier alpha value is -0.930. The Morgan fingerprint density at radius 2 is 2.31 bits per heavy atom. The van der Waals surface area contributed by atoms with Gasteiger partial charge in [0, 0.05) is 24.3 Å². The lowest BCUT2D eigenvalue weighted by molar-refractivity contribution is 1.19. The van der Waals surface area contributed by atoms with Crippen molar-refractivity contribution in [1.82, 2.24) is 9.38 Å². The molecule has 3 nitrogen and oxygen atoms in total. The zero-order chi connectivity index (χ0) is 8.55. The Balaban J connectivity index is 0.000000845. The predicted molar refractivity (Wildman–Crippen MR) is 57.0 cm³/mol. The van der Waals surface area contributed by atoms with E-state index in [1.165, 1.54) is 0 Å². The molecule has 0 radical (unpaired) electrons. The molecule has 0 saturated heterocycles. The molecular formula is C8H9Cl2N3. The number of nitrogens with zero attached hydrogens (tertiary/aromatic N) is 2. The van der Waals surface area contributed by atoms with Gasteiger partial charge in [-0.15, -0.1) is 12.4 Å². The van der Waals surface area contributed by atoms with E-state index in [9.17, 15) is 0 Å². The van der Waals surface area contributed by atoms with Crippen LogP contribution in [0.4, 0.5) is 5.82 Å². The van der Waals surface area contributed by atoms with Gasteiger partial charge in [-0.2, -0.15) is 0 Å². The first-order chi connectivity index (χ1) is 5.79. The summed E-state index contributed by atoms with van der Waals surface area (Å²) >= 11 is 5.80. The smallest absolute Gasteiger partial charge is 0.145 e. The monoisotopic (exact) mass is 217 g/mol. The van der Waals surface area contributed by atoms with E-state index in [1.807, 2.05) is 36.0 Å². The fourth-order valence-corrected chi connectivity index (χ4v) is 1.23. The number of fused-ring (bicyclic) bond motifs is 1. The van der Waals surface area contributed by atoms with Gasteiger partial charge in [-0.05, 0) is 6.07 Å².